The Balaban J connectivity index is 1.33. The highest BCUT2D eigenvalue weighted by Crippen LogP contribution is 2.25. The highest BCUT2D eigenvalue weighted by atomic mass is 35.5. The Morgan fingerprint density at radius 3 is 2.52 bits per heavy atom. The summed E-state index contributed by atoms with van der Waals surface area (Å²) in [4.78, 5) is 28.0. The van der Waals surface area contributed by atoms with E-state index in [0.29, 0.717) is 24.0 Å². The number of carbonyl (C=O) groups is 2. The number of hydrogen-bond acceptors (Lipinski definition) is 3. The first kappa shape index (κ1) is 20.0. The number of nitrogens with zero attached hydrogens (tertiary/aromatic N) is 2. The number of hydrogen-bond donors (Lipinski definition) is 2. The minimum absolute atomic E-state index is 0.113. The van der Waals surface area contributed by atoms with E-state index in [4.69, 9.17) is 11.6 Å². The Hall–Kier alpha value is -1.79. The number of piperazine rings is 1. The zero-order valence-corrected chi connectivity index (χ0v) is 16.7. The number of benzene rings is 1. The summed E-state index contributed by atoms with van der Waals surface area (Å²) in [5, 5.41) is 6.69. The van der Waals surface area contributed by atoms with Crippen LogP contribution in [0.5, 0.6) is 0 Å². The minimum Gasteiger partial charge on any atom is -0.343 e. The summed E-state index contributed by atoms with van der Waals surface area (Å²) in [6, 6.07) is 7.60. The first-order valence-electron chi connectivity index (χ1n) is 9.74. The van der Waals surface area contributed by atoms with Gasteiger partial charge in [-0.3, -0.25) is 9.69 Å². The van der Waals surface area contributed by atoms with Crippen LogP contribution in [-0.2, 0) is 11.3 Å². The molecule has 0 spiro atoms. The van der Waals surface area contributed by atoms with Gasteiger partial charge in [-0.15, -0.1) is 0 Å². The van der Waals surface area contributed by atoms with Crippen molar-refractivity contribution in [1.29, 1.82) is 0 Å². The molecule has 1 heterocycles. The zero-order valence-electron chi connectivity index (χ0n) is 15.9. The molecule has 3 amide bonds. The number of likely N-dealkylation sites (N-methyl/N-ethyl adjacent to an activating group) is 1. The molecule has 2 N–H and O–H groups in total. The van der Waals surface area contributed by atoms with Gasteiger partial charge < -0.3 is 15.5 Å². The number of nitrogens with one attached hydrogen (secondary N) is 2. The van der Waals surface area contributed by atoms with Gasteiger partial charge in [-0.25, -0.2) is 4.79 Å². The van der Waals surface area contributed by atoms with Gasteiger partial charge in [0.05, 0.1) is 6.54 Å². The van der Waals surface area contributed by atoms with Crippen LogP contribution in [-0.4, -0.2) is 61.0 Å². The van der Waals surface area contributed by atoms with Gasteiger partial charge in [-0.1, -0.05) is 23.7 Å². The predicted octanol–water partition coefficient (Wildman–Crippen LogP) is 2.47. The van der Waals surface area contributed by atoms with Crippen LogP contribution < -0.4 is 10.6 Å². The number of halogens is 1. The molecule has 2 fully saturated rings. The standard InChI is InChI=1S/C20H29ClN4O2/c1-24-10-11-25(14-19(24)26)13-16-4-8-18(9-5-16)23-20(27)22-12-15-2-6-17(21)7-3-15/h2-3,6-7,16,18H,4-5,8-14H2,1H3,(H2,22,23,27). The van der Waals surface area contributed by atoms with E-state index >= 15 is 0 Å². The maximum absolute atomic E-state index is 12.1. The molecule has 1 aliphatic heterocycles. The molecule has 1 saturated carbocycles. The second-order valence-corrected chi connectivity index (χ2v) is 8.16. The maximum atomic E-state index is 12.1. The van der Waals surface area contributed by atoms with E-state index < -0.39 is 0 Å². The van der Waals surface area contributed by atoms with Crippen molar-refractivity contribution in [2.45, 2.75) is 38.3 Å². The fourth-order valence-electron chi connectivity index (χ4n) is 3.84. The summed E-state index contributed by atoms with van der Waals surface area (Å²) in [6.45, 7) is 3.82. The quantitative estimate of drug-likeness (QED) is 0.809. The zero-order chi connectivity index (χ0) is 19.2. The third-order valence-corrected chi connectivity index (χ3v) is 5.85. The molecule has 0 radical (unpaired) electrons. The average molecular weight is 393 g/mol. The van der Waals surface area contributed by atoms with E-state index in [0.717, 1.165) is 50.9 Å². The highest BCUT2D eigenvalue weighted by molar-refractivity contribution is 6.30. The Labute approximate surface area is 166 Å². The smallest absolute Gasteiger partial charge is 0.315 e. The molecule has 1 aliphatic carbocycles. The van der Waals surface area contributed by atoms with Gasteiger partial charge in [0.2, 0.25) is 5.91 Å². The highest BCUT2D eigenvalue weighted by Gasteiger charge is 2.27. The molecule has 1 aromatic carbocycles. The van der Waals surface area contributed by atoms with Crippen molar-refractivity contribution in [1.82, 2.24) is 20.4 Å². The SMILES string of the molecule is CN1CCN(CC2CCC(NC(=O)NCc3ccc(Cl)cc3)CC2)CC1=O. The van der Waals surface area contributed by atoms with Crippen molar-refractivity contribution >= 4 is 23.5 Å². The van der Waals surface area contributed by atoms with E-state index in [-0.39, 0.29) is 18.0 Å². The lowest BCUT2D eigenvalue weighted by atomic mass is 9.85. The van der Waals surface area contributed by atoms with E-state index in [9.17, 15) is 9.59 Å². The third-order valence-electron chi connectivity index (χ3n) is 5.60. The molecule has 7 heteroatoms. The van der Waals surface area contributed by atoms with Crippen LogP contribution in [0.1, 0.15) is 31.2 Å². The molecule has 0 bridgehead atoms. The van der Waals surface area contributed by atoms with Crippen LogP contribution in [0.3, 0.4) is 0 Å². The Bertz CT molecular complexity index is 644. The lowest BCUT2D eigenvalue weighted by Gasteiger charge is -2.36. The van der Waals surface area contributed by atoms with E-state index in [2.05, 4.69) is 15.5 Å². The molecule has 3 rings (SSSR count). The van der Waals surface area contributed by atoms with Crippen LogP contribution in [0.4, 0.5) is 4.79 Å². The van der Waals surface area contributed by atoms with Crippen LogP contribution in [0, 0.1) is 5.92 Å². The van der Waals surface area contributed by atoms with Crippen molar-refractivity contribution in [2.75, 3.05) is 33.2 Å². The van der Waals surface area contributed by atoms with Crippen molar-refractivity contribution < 1.29 is 9.59 Å². The van der Waals surface area contributed by atoms with Crippen LogP contribution >= 0.6 is 11.6 Å². The minimum atomic E-state index is -0.113. The molecule has 2 aliphatic rings. The van der Waals surface area contributed by atoms with Crippen molar-refractivity contribution in [2.24, 2.45) is 5.92 Å². The summed E-state index contributed by atoms with van der Waals surface area (Å²) in [6.07, 6.45) is 4.20. The van der Waals surface area contributed by atoms with Gasteiger partial charge in [0.1, 0.15) is 0 Å². The van der Waals surface area contributed by atoms with Gasteiger partial charge in [0, 0.05) is 44.3 Å². The predicted molar refractivity (Wildman–Crippen MR) is 107 cm³/mol. The lowest BCUT2D eigenvalue weighted by molar-refractivity contribution is -0.134. The fraction of sp³-hybridized carbons (Fsp3) is 0.600. The Morgan fingerprint density at radius 2 is 1.85 bits per heavy atom. The summed E-state index contributed by atoms with van der Waals surface area (Å²) in [5.74, 6) is 0.838. The molecule has 0 aromatic heterocycles. The molecule has 1 saturated heterocycles. The molecular formula is C20H29ClN4O2. The number of urea groups is 1. The molecular weight excluding hydrogens is 364 g/mol. The summed E-state index contributed by atoms with van der Waals surface area (Å²) in [7, 11) is 1.87. The van der Waals surface area contributed by atoms with Gasteiger partial charge in [-0.05, 0) is 49.3 Å². The van der Waals surface area contributed by atoms with Crippen molar-refractivity contribution in [3.05, 3.63) is 34.9 Å². The fourth-order valence-corrected chi connectivity index (χ4v) is 3.96. The molecule has 0 unspecified atom stereocenters. The van der Waals surface area contributed by atoms with E-state index in [1.807, 2.05) is 31.3 Å². The first-order valence-corrected chi connectivity index (χ1v) is 10.1. The number of amides is 3. The summed E-state index contributed by atoms with van der Waals surface area (Å²) >= 11 is 5.87. The second kappa shape index (κ2) is 9.42. The Kier molecular flexibility index (Phi) is 6.96. The van der Waals surface area contributed by atoms with Crippen molar-refractivity contribution in [3.8, 4) is 0 Å². The number of rotatable bonds is 5. The van der Waals surface area contributed by atoms with Gasteiger partial charge >= 0.3 is 6.03 Å². The lowest BCUT2D eigenvalue weighted by Crippen LogP contribution is -2.50. The van der Waals surface area contributed by atoms with Crippen LogP contribution in [0.2, 0.25) is 5.02 Å². The summed E-state index contributed by atoms with van der Waals surface area (Å²) in [5.41, 5.74) is 1.03. The third kappa shape index (κ3) is 6.11. The summed E-state index contributed by atoms with van der Waals surface area (Å²) < 4.78 is 0. The molecule has 0 atom stereocenters. The largest absolute Gasteiger partial charge is 0.343 e. The van der Waals surface area contributed by atoms with Crippen LogP contribution in [0.15, 0.2) is 24.3 Å². The van der Waals surface area contributed by atoms with Crippen molar-refractivity contribution in [3.63, 3.8) is 0 Å². The molecule has 27 heavy (non-hydrogen) atoms. The van der Waals surface area contributed by atoms with Gasteiger partial charge in [0.25, 0.3) is 0 Å². The number of carbonyl (C=O) groups excluding carboxylic acids is 2. The normalized spacial score (nSPS) is 23.9. The van der Waals surface area contributed by atoms with Gasteiger partial charge in [0.15, 0.2) is 0 Å². The van der Waals surface area contributed by atoms with Gasteiger partial charge in [-0.2, -0.15) is 0 Å². The molecule has 6 nitrogen and oxygen atoms in total. The topological polar surface area (TPSA) is 64.7 Å². The molecule has 1 aromatic rings. The molecule has 148 valence electrons. The first-order chi connectivity index (χ1) is 13.0. The van der Waals surface area contributed by atoms with E-state index in [1.165, 1.54) is 0 Å². The monoisotopic (exact) mass is 392 g/mol. The Morgan fingerprint density at radius 1 is 1.15 bits per heavy atom. The maximum Gasteiger partial charge on any atom is 0.315 e. The average Bonchev–Trinajstić information content (AvgIpc) is 2.66. The van der Waals surface area contributed by atoms with Crippen LogP contribution in [0.25, 0.3) is 0 Å². The second-order valence-electron chi connectivity index (χ2n) is 7.72. The van der Waals surface area contributed by atoms with E-state index in [1.54, 1.807) is 4.90 Å².